The number of hydrogen-bond acceptors (Lipinski definition) is 4. The van der Waals surface area contributed by atoms with Gasteiger partial charge in [-0.1, -0.05) is 59.8 Å². The molecule has 0 spiro atoms. The third-order valence-electron chi connectivity index (χ3n) is 3.66. The molecule has 0 aliphatic carbocycles. The summed E-state index contributed by atoms with van der Waals surface area (Å²) in [5, 5.41) is 0.619. The van der Waals surface area contributed by atoms with Crippen molar-refractivity contribution in [3.8, 4) is 5.75 Å². The summed E-state index contributed by atoms with van der Waals surface area (Å²) >= 11 is 1.56. The molecule has 0 bridgehead atoms. The summed E-state index contributed by atoms with van der Waals surface area (Å²) < 4.78 is 7.38. The molecule has 0 aliphatic rings. The van der Waals surface area contributed by atoms with Crippen LogP contribution < -0.4 is 10.5 Å². The number of benzene rings is 1. The summed E-state index contributed by atoms with van der Waals surface area (Å²) in [7, 11) is 0. The fourth-order valence-corrected chi connectivity index (χ4v) is 3.72. The van der Waals surface area contributed by atoms with E-state index in [0.717, 1.165) is 29.0 Å². The van der Waals surface area contributed by atoms with Crippen LogP contribution in [0.3, 0.4) is 0 Å². The van der Waals surface area contributed by atoms with Crippen LogP contribution in [0.25, 0.3) is 10.2 Å². The zero-order valence-electron chi connectivity index (χ0n) is 14.8. The van der Waals surface area contributed by atoms with Crippen molar-refractivity contribution in [1.29, 1.82) is 0 Å². The maximum atomic E-state index is 6.23. The van der Waals surface area contributed by atoms with E-state index in [1.165, 1.54) is 11.1 Å². The fraction of sp³-hybridized carbons (Fsp3) is 0.611. The van der Waals surface area contributed by atoms with Gasteiger partial charge < -0.3 is 10.5 Å². The molecule has 2 aromatic rings. The molecule has 1 aromatic heterocycles. The Hall–Kier alpha value is -1.29. The highest BCUT2D eigenvalue weighted by atomic mass is 32.1. The number of fused-ring (bicyclic) bond motifs is 1. The minimum absolute atomic E-state index is 0.00432. The van der Waals surface area contributed by atoms with E-state index in [0.29, 0.717) is 5.13 Å². The number of nitrogens with zero attached hydrogens (tertiary/aromatic N) is 1. The van der Waals surface area contributed by atoms with Gasteiger partial charge in [0.15, 0.2) is 5.13 Å². The summed E-state index contributed by atoms with van der Waals surface area (Å²) in [4.78, 5) is 4.52. The minimum atomic E-state index is -0.0262. The molecular weight excluding hydrogens is 292 g/mol. The maximum absolute atomic E-state index is 6.23. The summed E-state index contributed by atoms with van der Waals surface area (Å²) in [6.07, 6.45) is 0.996. The molecule has 1 heterocycles. The van der Waals surface area contributed by atoms with E-state index in [-0.39, 0.29) is 10.8 Å². The molecule has 0 fully saturated rings. The van der Waals surface area contributed by atoms with E-state index in [4.69, 9.17) is 10.5 Å². The first kappa shape index (κ1) is 17.1. The molecule has 0 unspecified atom stereocenters. The largest absolute Gasteiger partial charge is 0.493 e. The predicted octanol–water partition coefficient (Wildman–Crippen LogP) is 5.26. The number of rotatable bonds is 3. The number of nitrogen functional groups attached to an aromatic ring is 1. The van der Waals surface area contributed by atoms with Gasteiger partial charge in [0.25, 0.3) is 0 Å². The summed E-state index contributed by atoms with van der Waals surface area (Å²) in [5.41, 5.74) is 9.38. The Morgan fingerprint density at radius 2 is 1.77 bits per heavy atom. The van der Waals surface area contributed by atoms with Crippen LogP contribution in [0.4, 0.5) is 5.13 Å². The van der Waals surface area contributed by atoms with Gasteiger partial charge >= 0.3 is 0 Å². The van der Waals surface area contributed by atoms with Gasteiger partial charge in [-0.05, 0) is 23.3 Å². The highest BCUT2D eigenvalue weighted by Crippen LogP contribution is 2.46. The van der Waals surface area contributed by atoms with E-state index < -0.39 is 0 Å². The second kappa shape index (κ2) is 5.73. The molecule has 0 saturated carbocycles. The third-order valence-corrected chi connectivity index (χ3v) is 4.58. The van der Waals surface area contributed by atoms with Crippen molar-refractivity contribution in [2.75, 3.05) is 12.3 Å². The van der Waals surface area contributed by atoms with Crippen LogP contribution in [-0.2, 0) is 10.8 Å². The van der Waals surface area contributed by atoms with Gasteiger partial charge in [0.1, 0.15) is 5.75 Å². The number of anilines is 1. The summed E-state index contributed by atoms with van der Waals surface area (Å²) in [6.45, 7) is 16.2. The van der Waals surface area contributed by atoms with Crippen LogP contribution in [0.5, 0.6) is 5.75 Å². The van der Waals surface area contributed by atoms with E-state index in [9.17, 15) is 0 Å². The van der Waals surface area contributed by atoms with Crippen molar-refractivity contribution in [3.05, 3.63) is 17.2 Å². The van der Waals surface area contributed by atoms with Gasteiger partial charge in [0.2, 0.25) is 0 Å². The van der Waals surface area contributed by atoms with E-state index in [2.05, 4.69) is 59.5 Å². The van der Waals surface area contributed by atoms with Gasteiger partial charge in [-0.3, -0.25) is 0 Å². The van der Waals surface area contributed by atoms with Crippen LogP contribution in [0.1, 0.15) is 66.0 Å². The topological polar surface area (TPSA) is 48.1 Å². The number of aromatic nitrogens is 1. The number of nitrogens with two attached hydrogens (primary N) is 1. The van der Waals surface area contributed by atoms with Crippen molar-refractivity contribution in [2.24, 2.45) is 0 Å². The molecular formula is C18H28N2OS. The fourth-order valence-electron chi connectivity index (χ4n) is 2.66. The second-order valence-corrected chi connectivity index (χ2v) is 8.91. The van der Waals surface area contributed by atoms with E-state index in [1.807, 2.05) is 0 Å². The minimum Gasteiger partial charge on any atom is -0.493 e. The first-order valence-electron chi connectivity index (χ1n) is 7.92. The van der Waals surface area contributed by atoms with Gasteiger partial charge in [-0.15, -0.1) is 0 Å². The van der Waals surface area contributed by atoms with Crippen molar-refractivity contribution >= 4 is 26.7 Å². The van der Waals surface area contributed by atoms with Crippen molar-refractivity contribution in [3.63, 3.8) is 0 Å². The monoisotopic (exact) mass is 320 g/mol. The SMILES string of the molecule is CCCOc1c(C(C)(C)C)cc2nc(N)sc2c1C(C)(C)C. The van der Waals surface area contributed by atoms with Crippen LogP contribution in [0.15, 0.2) is 6.07 Å². The molecule has 3 nitrogen and oxygen atoms in total. The van der Waals surface area contributed by atoms with Crippen LogP contribution >= 0.6 is 11.3 Å². The molecule has 0 amide bonds. The maximum Gasteiger partial charge on any atom is 0.181 e. The average Bonchev–Trinajstić information content (AvgIpc) is 2.71. The molecule has 22 heavy (non-hydrogen) atoms. The van der Waals surface area contributed by atoms with Gasteiger partial charge in [0, 0.05) is 11.1 Å². The Bertz CT molecular complexity index is 675. The van der Waals surface area contributed by atoms with Gasteiger partial charge in [-0.25, -0.2) is 4.98 Å². The molecule has 4 heteroatoms. The number of thiazole rings is 1. The second-order valence-electron chi connectivity index (χ2n) is 7.88. The lowest BCUT2D eigenvalue weighted by molar-refractivity contribution is 0.301. The standard InChI is InChI=1S/C18H28N2OS/c1-8-9-21-14-11(17(2,3)4)10-12-15(22-16(19)20-12)13(14)18(5,6)7/h10H,8-9H2,1-7H3,(H2,19,20). The Kier molecular flexibility index (Phi) is 4.44. The van der Waals surface area contributed by atoms with Crippen molar-refractivity contribution in [1.82, 2.24) is 4.98 Å². The first-order chi connectivity index (χ1) is 10.1. The Balaban J connectivity index is 2.87. The molecule has 0 atom stereocenters. The van der Waals surface area contributed by atoms with Crippen LogP contribution in [-0.4, -0.2) is 11.6 Å². The highest BCUT2D eigenvalue weighted by molar-refractivity contribution is 7.22. The quantitative estimate of drug-likeness (QED) is 0.839. The lowest BCUT2D eigenvalue weighted by Gasteiger charge is -2.30. The molecule has 1 aromatic carbocycles. The molecule has 0 radical (unpaired) electrons. The Morgan fingerprint density at radius 3 is 2.27 bits per heavy atom. The normalized spacial score (nSPS) is 12.9. The Labute approximate surface area is 137 Å². The molecule has 0 aliphatic heterocycles. The van der Waals surface area contributed by atoms with Gasteiger partial charge in [0.05, 0.1) is 16.8 Å². The van der Waals surface area contributed by atoms with Crippen LogP contribution in [0, 0.1) is 0 Å². The first-order valence-corrected chi connectivity index (χ1v) is 8.74. The van der Waals surface area contributed by atoms with E-state index in [1.54, 1.807) is 11.3 Å². The number of hydrogen-bond donors (Lipinski definition) is 1. The summed E-state index contributed by atoms with van der Waals surface area (Å²) in [6, 6.07) is 2.16. The molecule has 0 saturated heterocycles. The Morgan fingerprint density at radius 1 is 1.14 bits per heavy atom. The smallest absolute Gasteiger partial charge is 0.181 e. The van der Waals surface area contributed by atoms with Crippen LogP contribution in [0.2, 0.25) is 0 Å². The summed E-state index contributed by atoms with van der Waals surface area (Å²) in [5.74, 6) is 1.03. The molecule has 2 N–H and O–H groups in total. The lowest BCUT2D eigenvalue weighted by atomic mass is 9.79. The van der Waals surface area contributed by atoms with E-state index >= 15 is 0 Å². The average molecular weight is 321 g/mol. The third kappa shape index (κ3) is 3.22. The zero-order chi connectivity index (χ0) is 16.7. The predicted molar refractivity (Wildman–Crippen MR) is 97.2 cm³/mol. The lowest BCUT2D eigenvalue weighted by Crippen LogP contribution is -2.20. The number of ether oxygens (including phenoxy) is 1. The molecule has 2 rings (SSSR count). The van der Waals surface area contributed by atoms with Crippen molar-refractivity contribution in [2.45, 2.75) is 65.7 Å². The van der Waals surface area contributed by atoms with Crippen molar-refractivity contribution < 1.29 is 4.74 Å². The van der Waals surface area contributed by atoms with Gasteiger partial charge in [-0.2, -0.15) is 0 Å². The molecule has 122 valence electrons. The zero-order valence-corrected chi connectivity index (χ0v) is 15.6. The highest BCUT2D eigenvalue weighted by Gasteiger charge is 2.30.